The first-order valence-corrected chi connectivity index (χ1v) is 8.26. The number of hydrazone groups is 1. The van der Waals surface area contributed by atoms with Crippen LogP contribution in [0.15, 0.2) is 44.7 Å². The van der Waals surface area contributed by atoms with Gasteiger partial charge in [0.1, 0.15) is 11.8 Å². The van der Waals surface area contributed by atoms with Gasteiger partial charge in [0.2, 0.25) is 5.91 Å². The zero-order valence-corrected chi connectivity index (χ0v) is 13.2. The minimum atomic E-state index is -0.899. The molecule has 1 atom stereocenters. The molecule has 2 aromatic rings. The summed E-state index contributed by atoms with van der Waals surface area (Å²) in [5.74, 6) is -0.396. The van der Waals surface area contributed by atoms with E-state index >= 15 is 0 Å². The fourth-order valence-corrected chi connectivity index (χ4v) is 3.22. The number of hydrogen-bond donors (Lipinski definition) is 1. The molecule has 120 valence electrons. The maximum atomic E-state index is 12.4. The first-order valence-electron chi connectivity index (χ1n) is 7.32. The summed E-state index contributed by atoms with van der Waals surface area (Å²) in [6, 6.07) is 5.32. The Morgan fingerprint density at radius 2 is 2.26 bits per heavy atom. The van der Waals surface area contributed by atoms with E-state index in [-0.39, 0.29) is 24.8 Å². The lowest BCUT2D eigenvalue weighted by Gasteiger charge is -2.19. The molecule has 1 aliphatic rings. The van der Waals surface area contributed by atoms with Crippen LogP contribution in [0.25, 0.3) is 0 Å². The standard InChI is InChI=1S/C16H16N2O4S/c19-15(4-1-5-16(20)21)18-13(14-3-2-7-22-14)9-12(17-18)11-6-8-23-10-11/h2-3,6-8,10,13H,1,4-5,9H2,(H,20,21)/t13-/m0/s1. The molecule has 0 aliphatic carbocycles. The molecular weight excluding hydrogens is 316 g/mol. The summed E-state index contributed by atoms with van der Waals surface area (Å²) in [6.07, 6.45) is 2.61. The topological polar surface area (TPSA) is 83.1 Å². The van der Waals surface area contributed by atoms with Crippen molar-refractivity contribution in [2.75, 3.05) is 0 Å². The lowest BCUT2D eigenvalue weighted by molar-refractivity contribution is -0.137. The molecule has 0 bridgehead atoms. The number of nitrogens with zero attached hydrogens (tertiary/aromatic N) is 2. The number of carbonyl (C=O) groups is 2. The lowest BCUT2D eigenvalue weighted by Crippen LogP contribution is -2.26. The molecule has 0 saturated heterocycles. The third-order valence-electron chi connectivity index (χ3n) is 3.67. The minimum Gasteiger partial charge on any atom is -0.481 e. The van der Waals surface area contributed by atoms with E-state index in [9.17, 15) is 9.59 Å². The lowest BCUT2D eigenvalue weighted by atomic mass is 10.0. The predicted octanol–water partition coefficient (Wildman–Crippen LogP) is 3.27. The third-order valence-corrected chi connectivity index (χ3v) is 4.36. The number of rotatable bonds is 6. The fraction of sp³-hybridized carbons (Fsp3) is 0.312. The maximum Gasteiger partial charge on any atom is 0.303 e. The summed E-state index contributed by atoms with van der Waals surface area (Å²) in [6.45, 7) is 0. The van der Waals surface area contributed by atoms with Crippen molar-refractivity contribution in [2.45, 2.75) is 31.7 Å². The summed E-state index contributed by atoms with van der Waals surface area (Å²) in [7, 11) is 0. The van der Waals surface area contributed by atoms with Crippen LogP contribution < -0.4 is 0 Å². The monoisotopic (exact) mass is 332 g/mol. The number of hydrogen-bond acceptors (Lipinski definition) is 5. The normalized spacial score (nSPS) is 17.3. The molecule has 0 unspecified atom stereocenters. The van der Waals surface area contributed by atoms with Crippen LogP contribution in [0, 0.1) is 0 Å². The Morgan fingerprint density at radius 1 is 1.39 bits per heavy atom. The van der Waals surface area contributed by atoms with E-state index < -0.39 is 5.97 Å². The molecule has 0 radical (unpaired) electrons. The van der Waals surface area contributed by atoms with E-state index in [1.165, 1.54) is 5.01 Å². The van der Waals surface area contributed by atoms with Gasteiger partial charge in [-0.15, -0.1) is 0 Å². The molecule has 0 aromatic carbocycles. The fourth-order valence-electron chi connectivity index (χ4n) is 2.55. The van der Waals surface area contributed by atoms with Crippen molar-refractivity contribution in [3.05, 3.63) is 46.5 Å². The molecule has 1 aliphatic heterocycles. The molecule has 0 saturated carbocycles. The van der Waals surface area contributed by atoms with E-state index in [2.05, 4.69) is 5.10 Å². The highest BCUT2D eigenvalue weighted by Gasteiger charge is 2.34. The van der Waals surface area contributed by atoms with Gasteiger partial charge in [-0.3, -0.25) is 9.59 Å². The number of aliphatic carboxylic acids is 1. The van der Waals surface area contributed by atoms with Crippen molar-refractivity contribution in [1.82, 2.24) is 5.01 Å². The summed E-state index contributed by atoms with van der Waals surface area (Å²) < 4.78 is 5.45. The molecule has 3 rings (SSSR count). The first-order chi connectivity index (χ1) is 11.1. The smallest absolute Gasteiger partial charge is 0.303 e. The van der Waals surface area contributed by atoms with Crippen LogP contribution in [-0.4, -0.2) is 27.7 Å². The molecule has 6 nitrogen and oxygen atoms in total. The second-order valence-corrected chi connectivity index (χ2v) is 6.06. The predicted molar refractivity (Wildman–Crippen MR) is 85.3 cm³/mol. The summed E-state index contributed by atoms with van der Waals surface area (Å²) >= 11 is 1.58. The largest absolute Gasteiger partial charge is 0.481 e. The highest BCUT2D eigenvalue weighted by molar-refractivity contribution is 7.08. The van der Waals surface area contributed by atoms with Crippen molar-refractivity contribution in [3.63, 3.8) is 0 Å². The maximum absolute atomic E-state index is 12.4. The van der Waals surface area contributed by atoms with Crippen molar-refractivity contribution >= 4 is 28.9 Å². The minimum absolute atomic E-state index is 0.0217. The van der Waals surface area contributed by atoms with Crippen LogP contribution >= 0.6 is 11.3 Å². The second kappa shape index (κ2) is 6.78. The van der Waals surface area contributed by atoms with Crippen molar-refractivity contribution in [3.8, 4) is 0 Å². The SMILES string of the molecule is O=C(O)CCCC(=O)N1N=C(c2ccsc2)C[C@H]1c1ccco1. The third kappa shape index (κ3) is 3.50. The Morgan fingerprint density at radius 3 is 2.91 bits per heavy atom. The van der Waals surface area contributed by atoms with E-state index in [0.717, 1.165) is 11.3 Å². The summed E-state index contributed by atoms with van der Waals surface area (Å²) in [4.78, 5) is 23.0. The van der Waals surface area contributed by atoms with Gasteiger partial charge in [-0.25, -0.2) is 5.01 Å². The Hall–Kier alpha value is -2.41. The van der Waals surface area contributed by atoms with Crippen molar-refractivity contribution < 1.29 is 19.1 Å². The quantitative estimate of drug-likeness (QED) is 0.880. The van der Waals surface area contributed by atoms with Gasteiger partial charge in [-0.1, -0.05) is 0 Å². The summed E-state index contributed by atoms with van der Waals surface area (Å²) in [5, 5.41) is 18.6. The Labute approximate surface area is 137 Å². The van der Waals surface area contributed by atoms with Crippen LogP contribution in [0.1, 0.15) is 43.0 Å². The van der Waals surface area contributed by atoms with Gasteiger partial charge in [0.15, 0.2) is 0 Å². The molecule has 0 spiro atoms. The highest BCUT2D eigenvalue weighted by Crippen LogP contribution is 2.34. The van der Waals surface area contributed by atoms with E-state index in [0.29, 0.717) is 18.6 Å². The number of carboxylic acids is 1. The Balaban J connectivity index is 1.77. The first kappa shape index (κ1) is 15.5. The van der Waals surface area contributed by atoms with Gasteiger partial charge >= 0.3 is 5.97 Å². The number of carboxylic acid groups (broad SMARTS) is 1. The van der Waals surface area contributed by atoms with E-state index in [4.69, 9.17) is 9.52 Å². The zero-order chi connectivity index (χ0) is 16.2. The van der Waals surface area contributed by atoms with E-state index in [1.54, 1.807) is 23.7 Å². The van der Waals surface area contributed by atoms with E-state index in [1.807, 2.05) is 22.9 Å². The van der Waals surface area contributed by atoms with Crippen molar-refractivity contribution in [2.24, 2.45) is 5.10 Å². The van der Waals surface area contributed by atoms with Gasteiger partial charge in [0.05, 0.1) is 12.0 Å². The van der Waals surface area contributed by atoms with Crippen LogP contribution in [0.2, 0.25) is 0 Å². The van der Waals surface area contributed by atoms with Crippen LogP contribution in [0.5, 0.6) is 0 Å². The Kier molecular flexibility index (Phi) is 4.57. The number of amides is 1. The molecule has 7 heteroatoms. The van der Waals surface area contributed by atoms with Crippen LogP contribution in [0.3, 0.4) is 0 Å². The average molecular weight is 332 g/mol. The molecule has 23 heavy (non-hydrogen) atoms. The van der Waals surface area contributed by atoms with Crippen LogP contribution in [0.4, 0.5) is 0 Å². The van der Waals surface area contributed by atoms with Gasteiger partial charge in [-0.05, 0) is 35.4 Å². The van der Waals surface area contributed by atoms with Gasteiger partial charge in [0, 0.05) is 24.8 Å². The number of thiophene rings is 1. The molecule has 1 amide bonds. The summed E-state index contributed by atoms with van der Waals surface area (Å²) in [5.41, 5.74) is 1.85. The molecular formula is C16H16N2O4S. The number of carbonyl (C=O) groups excluding carboxylic acids is 1. The van der Waals surface area contributed by atoms with Gasteiger partial charge < -0.3 is 9.52 Å². The van der Waals surface area contributed by atoms with Crippen molar-refractivity contribution in [1.29, 1.82) is 0 Å². The molecule has 0 fully saturated rings. The Bertz CT molecular complexity index is 707. The van der Waals surface area contributed by atoms with Crippen LogP contribution in [-0.2, 0) is 9.59 Å². The number of furan rings is 1. The zero-order valence-electron chi connectivity index (χ0n) is 12.3. The van der Waals surface area contributed by atoms with Gasteiger partial charge in [0.25, 0.3) is 0 Å². The molecule has 1 N–H and O–H groups in total. The molecule has 3 heterocycles. The average Bonchev–Trinajstić information content (AvgIpc) is 3.26. The molecule has 2 aromatic heterocycles. The van der Waals surface area contributed by atoms with Gasteiger partial charge in [-0.2, -0.15) is 16.4 Å². The second-order valence-electron chi connectivity index (χ2n) is 5.28. The highest BCUT2D eigenvalue weighted by atomic mass is 32.1.